The number of aromatic hydroxyl groups is 1. The van der Waals surface area contributed by atoms with Crippen molar-refractivity contribution in [2.45, 2.75) is 6.18 Å². The molecule has 4 nitrogen and oxygen atoms in total. The first-order chi connectivity index (χ1) is 8.63. The number of halogens is 6. The molecule has 1 aromatic carbocycles. The molecule has 0 bridgehead atoms. The van der Waals surface area contributed by atoms with Crippen molar-refractivity contribution in [3.8, 4) is 5.75 Å². The van der Waals surface area contributed by atoms with E-state index in [0.29, 0.717) is 0 Å². The summed E-state index contributed by atoms with van der Waals surface area (Å²) in [6, 6.07) is 0.0661. The highest BCUT2D eigenvalue weighted by atomic mass is 19.4. The van der Waals surface area contributed by atoms with Crippen LogP contribution < -0.4 is 5.48 Å². The van der Waals surface area contributed by atoms with Crippen LogP contribution in [0.2, 0.25) is 0 Å². The minimum atomic E-state index is -4.75. The highest BCUT2D eigenvalue weighted by molar-refractivity contribution is 5.94. The maximum absolute atomic E-state index is 13.2. The summed E-state index contributed by atoms with van der Waals surface area (Å²) in [6.45, 7) is -1.87. The third-order valence-electron chi connectivity index (χ3n) is 1.78. The number of nitrogens with one attached hydrogen (secondary N) is 1. The molecule has 106 valence electrons. The molecule has 1 amide bonds. The molecule has 0 spiro atoms. The van der Waals surface area contributed by atoms with Gasteiger partial charge in [0, 0.05) is 0 Å². The summed E-state index contributed by atoms with van der Waals surface area (Å²) >= 11 is 0. The average Bonchev–Trinajstić information content (AvgIpc) is 2.29. The molecule has 0 heterocycles. The summed E-state index contributed by atoms with van der Waals surface area (Å²) in [5, 5.41) is 8.78. The molecule has 0 fully saturated rings. The van der Waals surface area contributed by atoms with Crippen molar-refractivity contribution in [2.75, 3.05) is 6.61 Å². The molecule has 1 aromatic rings. The van der Waals surface area contributed by atoms with Crippen molar-refractivity contribution >= 4 is 5.91 Å². The molecular formula is C9H5F6NO3. The Bertz CT molecular complexity index is 502. The van der Waals surface area contributed by atoms with Crippen molar-refractivity contribution in [2.24, 2.45) is 0 Å². The lowest BCUT2D eigenvalue weighted by Crippen LogP contribution is -2.30. The third-order valence-corrected chi connectivity index (χ3v) is 1.78. The van der Waals surface area contributed by atoms with Crippen LogP contribution in [0.4, 0.5) is 26.3 Å². The Balaban J connectivity index is 2.84. The van der Waals surface area contributed by atoms with Crippen molar-refractivity contribution in [1.29, 1.82) is 0 Å². The second-order valence-electron chi connectivity index (χ2n) is 3.22. The number of carbonyl (C=O) groups is 1. The Morgan fingerprint density at radius 2 is 1.84 bits per heavy atom. The Morgan fingerprint density at radius 1 is 1.26 bits per heavy atom. The molecule has 0 aliphatic heterocycles. The standard InChI is InChI=1S/C9H5F6NO3/c10-4-1-3(5(11)7(17)6(4)12)8(18)16-19-2-9(13,14)15/h1,17H,2H2,(H,16,18). The van der Waals surface area contributed by atoms with Crippen LogP contribution in [0.3, 0.4) is 0 Å². The van der Waals surface area contributed by atoms with Crippen molar-refractivity contribution in [3.63, 3.8) is 0 Å². The predicted molar refractivity (Wildman–Crippen MR) is 47.5 cm³/mol. The molecule has 0 unspecified atom stereocenters. The lowest BCUT2D eigenvalue weighted by Gasteiger charge is -2.09. The van der Waals surface area contributed by atoms with Crippen LogP contribution in [0, 0.1) is 17.5 Å². The first-order valence-electron chi connectivity index (χ1n) is 4.49. The van der Waals surface area contributed by atoms with Crippen molar-refractivity contribution < 1.29 is 41.1 Å². The lowest BCUT2D eigenvalue weighted by atomic mass is 10.1. The Morgan fingerprint density at radius 3 is 2.37 bits per heavy atom. The van der Waals surface area contributed by atoms with Gasteiger partial charge < -0.3 is 5.11 Å². The van der Waals surface area contributed by atoms with Gasteiger partial charge >= 0.3 is 6.18 Å². The van der Waals surface area contributed by atoms with E-state index >= 15 is 0 Å². The smallest absolute Gasteiger partial charge is 0.414 e. The maximum atomic E-state index is 13.2. The van der Waals surface area contributed by atoms with E-state index in [1.807, 2.05) is 0 Å². The minimum Gasteiger partial charge on any atom is -0.503 e. The second kappa shape index (κ2) is 5.34. The molecule has 2 N–H and O–H groups in total. The number of rotatable bonds is 3. The van der Waals surface area contributed by atoms with Gasteiger partial charge in [0.25, 0.3) is 5.91 Å². The van der Waals surface area contributed by atoms with Gasteiger partial charge in [0.05, 0.1) is 5.56 Å². The topological polar surface area (TPSA) is 58.6 Å². The zero-order chi connectivity index (χ0) is 14.8. The van der Waals surface area contributed by atoms with Crippen LogP contribution in [0.1, 0.15) is 10.4 Å². The quantitative estimate of drug-likeness (QED) is 0.508. The first kappa shape index (κ1) is 15.1. The number of hydrogen-bond acceptors (Lipinski definition) is 3. The Hall–Kier alpha value is -1.97. The molecule has 0 aliphatic rings. The highest BCUT2D eigenvalue weighted by Crippen LogP contribution is 2.25. The number of hydroxylamine groups is 1. The lowest BCUT2D eigenvalue weighted by molar-refractivity contribution is -0.184. The predicted octanol–water partition coefficient (Wildman–Crippen LogP) is 2.03. The van der Waals surface area contributed by atoms with Crippen molar-refractivity contribution in [3.05, 3.63) is 29.1 Å². The normalized spacial score (nSPS) is 11.5. The molecule has 0 aromatic heterocycles. The summed E-state index contributed by atoms with van der Waals surface area (Å²) in [5.41, 5.74) is -0.0386. The van der Waals surface area contributed by atoms with Gasteiger partial charge in [-0.2, -0.15) is 17.6 Å². The monoisotopic (exact) mass is 289 g/mol. The minimum absolute atomic E-state index is 0.0661. The number of amides is 1. The molecule has 0 saturated carbocycles. The number of carbonyl (C=O) groups excluding carboxylic acids is 1. The molecule has 0 atom stereocenters. The van der Waals surface area contributed by atoms with Gasteiger partial charge in [-0.25, -0.2) is 14.3 Å². The summed E-state index contributed by atoms with van der Waals surface area (Å²) < 4.78 is 73.6. The average molecular weight is 289 g/mol. The molecule has 0 radical (unpaired) electrons. The summed E-state index contributed by atoms with van der Waals surface area (Å²) in [7, 11) is 0. The van der Waals surface area contributed by atoms with Gasteiger partial charge in [0.15, 0.2) is 24.0 Å². The molecule has 1 rings (SSSR count). The number of phenols is 1. The van der Waals surface area contributed by atoms with E-state index in [-0.39, 0.29) is 6.07 Å². The van der Waals surface area contributed by atoms with Gasteiger partial charge in [-0.15, -0.1) is 0 Å². The molecule has 0 aliphatic carbocycles. The third kappa shape index (κ3) is 3.74. The van der Waals surface area contributed by atoms with Crippen LogP contribution in [0.5, 0.6) is 5.75 Å². The molecule has 10 heteroatoms. The molecule has 19 heavy (non-hydrogen) atoms. The Labute approximate surface area is 101 Å². The fourth-order valence-corrected chi connectivity index (χ4v) is 0.994. The fourth-order valence-electron chi connectivity index (χ4n) is 0.994. The van der Waals surface area contributed by atoms with E-state index in [0.717, 1.165) is 0 Å². The van der Waals surface area contributed by atoms with Crippen LogP contribution >= 0.6 is 0 Å². The van der Waals surface area contributed by atoms with E-state index < -0.39 is 47.5 Å². The SMILES string of the molecule is O=C(NOCC(F)(F)F)c1cc(F)c(F)c(O)c1F. The van der Waals surface area contributed by atoms with Gasteiger partial charge in [-0.1, -0.05) is 0 Å². The largest absolute Gasteiger partial charge is 0.503 e. The van der Waals surface area contributed by atoms with Crippen LogP contribution in [0.25, 0.3) is 0 Å². The van der Waals surface area contributed by atoms with Gasteiger partial charge in [-0.05, 0) is 6.07 Å². The van der Waals surface area contributed by atoms with Gasteiger partial charge in [0.1, 0.15) is 0 Å². The summed E-state index contributed by atoms with van der Waals surface area (Å²) in [4.78, 5) is 14.8. The summed E-state index contributed by atoms with van der Waals surface area (Å²) in [5.74, 6) is -8.88. The van der Waals surface area contributed by atoms with Crippen molar-refractivity contribution in [1.82, 2.24) is 5.48 Å². The number of phenolic OH excluding ortho intramolecular Hbond substituents is 1. The van der Waals surface area contributed by atoms with Crippen LogP contribution in [-0.2, 0) is 4.84 Å². The summed E-state index contributed by atoms with van der Waals surface area (Å²) in [6.07, 6.45) is -4.75. The molecule has 0 saturated heterocycles. The van der Waals surface area contributed by atoms with Gasteiger partial charge in [-0.3, -0.25) is 9.63 Å². The maximum Gasteiger partial charge on any atom is 0.414 e. The van der Waals surface area contributed by atoms with Crippen LogP contribution in [-0.4, -0.2) is 23.8 Å². The fraction of sp³-hybridized carbons (Fsp3) is 0.222. The highest BCUT2D eigenvalue weighted by Gasteiger charge is 2.29. The molecular weight excluding hydrogens is 284 g/mol. The first-order valence-corrected chi connectivity index (χ1v) is 4.49. The Kier molecular flexibility index (Phi) is 4.24. The van der Waals surface area contributed by atoms with Gasteiger partial charge in [0.2, 0.25) is 5.82 Å². The zero-order valence-electron chi connectivity index (χ0n) is 8.82. The van der Waals surface area contributed by atoms with Crippen LogP contribution in [0.15, 0.2) is 6.07 Å². The zero-order valence-corrected chi connectivity index (χ0v) is 8.82. The number of hydrogen-bond donors (Lipinski definition) is 2. The van der Waals surface area contributed by atoms with E-state index in [1.165, 1.54) is 5.48 Å². The number of benzene rings is 1. The van der Waals surface area contributed by atoms with E-state index in [9.17, 15) is 31.1 Å². The van der Waals surface area contributed by atoms with E-state index in [1.54, 1.807) is 0 Å². The van der Waals surface area contributed by atoms with E-state index in [4.69, 9.17) is 5.11 Å². The van der Waals surface area contributed by atoms with E-state index in [2.05, 4.69) is 4.84 Å². The second-order valence-corrected chi connectivity index (χ2v) is 3.22. The number of alkyl halides is 3.